The van der Waals surface area contributed by atoms with Crippen molar-refractivity contribution in [1.82, 2.24) is 14.7 Å². The van der Waals surface area contributed by atoms with E-state index in [9.17, 15) is 0 Å². The van der Waals surface area contributed by atoms with Crippen molar-refractivity contribution >= 4 is 5.52 Å². The number of nitrogens with zero attached hydrogens (tertiary/aromatic N) is 3. The third-order valence-corrected chi connectivity index (χ3v) is 2.63. The first-order chi connectivity index (χ1) is 7.77. The maximum Gasteiger partial charge on any atom is 0.166 e. The van der Waals surface area contributed by atoms with Crippen LogP contribution in [0.1, 0.15) is 17.2 Å². The van der Waals surface area contributed by atoms with Gasteiger partial charge in [0.1, 0.15) is 11.9 Å². The number of nitriles is 1. The topological polar surface area (TPSA) is 53.1 Å². The van der Waals surface area contributed by atoms with Gasteiger partial charge in [-0.1, -0.05) is 6.07 Å². The molecule has 0 aliphatic rings. The summed E-state index contributed by atoms with van der Waals surface area (Å²) in [7, 11) is 1.91. The molecule has 16 heavy (non-hydrogen) atoms. The van der Waals surface area contributed by atoms with Crippen molar-refractivity contribution in [3.63, 3.8) is 0 Å². The van der Waals surface area contributed by atoms with Gasteiger partial charge in [0.05, 0.1) is 5.52 Å². The Morgan fingerprint density at radius 3 is 3.00 bits per heavy atom. The smallest absolute Gasteiger partial charge is 0.166 e. The van der Waals surface area contributed by atoms with Crippen molar-refractivity contribution < 1.29 is 0 Å². The summed E-state index contributed by atoms with van der Waals surface area (Å²) in [5.74, 6) is 0.944. The monoisotopic (exact) mass is 214 g/mol. The van der Waals surface area contributed by atoms with Crippen molar-refractivity contribution in [3.05, 3.63) is 35.4 Å². The van der Waals surface area contributed by atoms with E-state index in [1.54, 1.807) is 0 Å². The minimum Gasteiger partial charge on any atom is -0.319 e. The molecule has 0 radical (unpaired) electrons. The van der Waals surface area contributed by atoms with Gasteiger partial charge in [-0.05, 0) is 26.1 Å². The molecule has 2 heterocycles. The van der Waals surface area contributed by atoms with Crippen LogP contribution < -0.4 is 5.32 Å². The summed E-state index contributed by atoms with van der Waals surface area (Å²) >= 11 is 0. The lowest BCUT2D eigenvalue weighted by Gasteiger charge is -2.04. The van der Waals surface area contributed by atoms with Gasteiger partial charge in [-0.2, -0.15) is 5.26 Å². The summed E-state index contributed by atoms with van der Waals surface area (Å²) in [6.45, 7) is 2.89. The number of imidazole rings is 1. The Kier molecular flexibility index (Phi) is 2.88. The third-order valence-electron chi connectivity index (χ3n) is 2.63. The number of rotatable bonds is 3. The van der Waals surface area contributed by atoms with E-state index < -0.39 is 0 Å². The second kappa shape index (κ2) is 4.33. The molecule has 4 heteroatoms. The number of hydrogen-bond acceptors (Lipinski definition) is 3. The zero-order valence-corrected chi connectivity index (χ0v) is 9.49. The molecule has 82 valence electrons. The molecule has 1 N–H and O–H groups in total. The molecule has 2 aromatic rings. The molecule has 0 aliphatic carbocycles. The van der Waals surface area contributed by atoms with Crippen molar-refractivity contribution in [2.75, 3.05) is 13.6 Å². The van der Waals surface area contributed by atoms with E-state index in [2.05, 4.69) is 20.8 Å². The van der Waals surface area contributed by atoms with Crippen LogP contribution in [-0.2, 0) is 6.42 Å². The molecule has 0 saturated carbocycles. The largest absolute Gasteiger partial charge is 0.319 e. The number of likely N-dealkylation sites (N-methyl/N-ethyl adjacent to an activating group) is 1. The number of fused-ring (bicyclic) bond motifs is 1. The van der Waals surface area contributed by atoms with Gasteiger partial charge in [-0.3, -0.25) is 4.40 Å². The van der Waals surface area contributed by atoms with Crippen LogP contribution in [0.5, 0.6) is 0 Å². The SMILES string of the molecule is CNCCc1nc(C#N)c2cccc(C)n12. The van der Waals surface area contributed by atoms with Gasteiger partial charge in [0.2, 0.25) is 0 Å². The highest BCUT2D eigenvalue weighted by molar-refractivity contribution is 5.59. The van der Waals surface area contributed by atoms with Gasteiger partial charge in [-0.15, -0.1) is 0 Å². The van der Waals surface area contributed by atoms with Crippen molar-refractivity contribution in [1.29, 1.82) is 5.26 Å². The molecular formula is C12H14N4. The van der Waals surface area contributed by atoms with E-state index in [4.69, 9.17) is 5.26 Å². The Morgan fingerprint density at radius 1 is 1.50 bits per heavy atom. The first-order valence-electron chi connectivity index (χ1n) is 5.29. The fourth-order valence-corrected chi connectivity index (χ4v) is 1.87. The summed E-state index contributed by atoms with van der Waals surface area (Å²) in [4.78, 5) is 4.37. The number of aryl methyl sites for hydroxylation is 1. The average molecular weight is 214 g/mol. The Balaban J connectivity index is 2.61. The Labute approximate surface area is 94.5 Å². The zero-order chi connectivity index (χ0) is 11.5. The maximum absolute atomic E-state index is 9.02. The lowest BCUT2D eigenvalue weighted by Crippen LogP contribution is -2.12. The molecule has 0 aliphatic heterocycles. The summed E-state index contributed by atoms with van der Waals surface area (Å²) < 4.78 is 2.05. The highest BCUT2D eigenvalue weighted by atomic mass is 15.0. The molecule has 0 bridgehead atoms. The minimum atomic E-state index is 0.509. The van der Waals surface area contributed by atoms with Crippen LogP contribution in [0.2, 0.25) is 0 Å². The average Bonchev–Trinajstić information content (AvgIpc) is 2.66. The van der Waals surface area contributed by atoms with Crippen LogP contribution >= 0.6 is 0 Å². The van der Waals surface area contributed by atoms with Crippen LogP contribution in [-0.4, -0.2) is 23.0 Å². The molecule has 4 nitrogen and oxygen atoms in total. The normalized spacial score (nSPS) is 10.6. The van der Waals surface area contributed by atoms with Crippen LogP contribution in [0.25, 0.3) is 5.52 Å². The summed E-state index contributed by atoms with van der Waals surface area (Å²) in [5, 5.41) is 12.1. The van der Waals surface area contributed by atoms with Gasteiger partial charge in [-0.25, -0.2) is 4.98 Å². The lowest BCUT2D eigenvalue weighted by molar-refractivity contribution is 0.749. The summed E-state index contributed by atoms with van der Waals surface area (Å²) in [6.07, 6.45) is 0.824. The summed E-state index contributed by atoms with van der Waals surface area (Å²) in [5.41, 5.74) is 2.51. The highest BCUT2D eigenvalue weighted by Crippen LogP contribution is 2.15. The van der Waals surface area contributed by atoms with E-state index in [0.717, 1.165) is 30.0 Å². The standard InChI is InChI=1S/C12H14N4/c1-9-4-3-5-11-10(8-13)15-12(16(9)11)6-7-14-2/h3-5,14H,6-7H2,1-2H3. The van der Waals surface area contributed by atoms with E-state index in [1.165, 1.54) is 0 Å². The van der Waals surface area contributed by atoms with E-state index >= 15 is 0 Å². The van der Waals surface area contributed by atoms with Crippen LogP contribution in [0.3, 0.4) is 0 Å². The molecule has 0 aromatic carbocycles. The molecule has 0 amide bonds. The van der Waals surface area contributed by atoms with Crippen molar-refractivity contribution in [2.45, 2.75) is 13.3 Å². The number of pyridine rings is 1. The Morgan fingerprint density at radius 2 is 2.31 bits per heavy atom. The summed E-state index contributed by atoms with van der Waals surface area (Å²) in [6, 6.07) is 8.05. The first kappa shape index (κ1) is 10.7. The highest BCUT2D eigenvalue weighted by Gasteiger charge is 2.10. The van der Waals surface area contributed by atoms with Gasteiger partial charge in [0.15, 0.2) is 5.69 Å². The molecule has 0 fully saturated rings. The molecule has 2 aromatic heterocycles. The fourth-order valence-electron chi connectivity index (χ4n) is 1.87. The Hall–Kier alpha value is -1.86. The van der Waals surface area contributed by atoms with Gasteiger partial charge in [0.25, 0.3) is 0 Å². The van der Waals surface area contributed by atoms with Crippen molar-refractivity contribution in [2.24, 2.45) is 0 Å². The molecule has 0 unspecified atom stereocenters. The number of aromatic nitrogens is 2. The van der Waals surface area contributed by atoms with Gasteiger partial charge in [0, 0.05) is 18.7 Å². The molecule has 0 atom stereocenters. The molecule has 0 spiro atoms. The van der Waals surface area contributed by atoms with E-state index in [1.807, 2.05) is 32.2 Å². The predicted molar refractivity (Wildman–Crippen MR) is 62.3 cm³/mol. The van der Waals surface area contributed by atoms with Crippen LogP contribution in [0.4, 0.5) is 0 Å². The quantitative estimate of drug-likeness (QED) is 0.837. The van der Waals surface area contributed by atoms with Gasteiger partial charge < -0.3 is 5.32 Å². The van der Waals surface area contributed by atoms with Crippen molar-refractivity contribution in [3.8, 4) is 6.07 Å². The van der Waals surface area contributed by atoms with Crippen LogP contribution in [0.15, 0.2) is 18.2 Å². The molecular weight excluding hydrogens is 200 g/mol. The van der Waals surface area contributed by atoms with E-state index in [0.29, 0.717) is 5.69 Å². The maximum atomic E-state index is 9.02. The van der Waals surface area contributed by atoms with Gasteiger partial charge >= 0.3 is 0 Å². The number of hydrogen-bond donors (Lipinski definition) is 1. The second-order valence-electron chi connectivity index (χ2n) is 3.73. The Bertz CT molecular complexity index is 548. The minimum absolute atomic E-state index is 0.509. The predicted octanol–water partition coefficient (Wildman–Crippen LogP) is 1.28. The number of nitrogens with one attached hydrogen (secondary N) is 1. The molecule has 2 rings (SSSR count). The third kappa shape index (κ3) is 1.66. The molecule has 0 saturated heterocycles. The zero-order valence-electron chi connectivity index (χ0n) is 9.49. The van der Waals surface area contributed by atoms with E-state index in [-0.39, 0.29) is 0 Å². The fraction of sp³-hybridized carbons (Fsp3) is 0.333. The first-order valence-corrected chi connectivity index (χ1v) is 5.29. The lowest BCUT2D eigenvalue weighted by atomic mass is 10.3. The second-order valence-corrected chi connectivity index (χ2v) is 3.73. The van der Waals surface area contributed by atoms with Crippen LogP contribution in [0, 0.1) is 18.3 Å².